The molecule has 0 aliphatic rings. The Labute approximate surface area is 189 Å². The van der Waals surface area contributed by atoms with Gasteiger partial charge < -0.3 is 4.57 Å². The number of non-ortho nitro benzene ring substituents is 1. The van der Waals surface area contributed by atoms with E-state index in [2.05, 4.69) is 25.4 Å². The zero-order chi connectivity index (χ0) is 23.7. The molecule has 0 saturated carbocycles. The van der Waals surface area contributed by atoms with E-state index in [1.165, 1.54) is 29.1 Å². The fraction of sp³-hybridized carbons (Fsp3) is 0.208. The number of allylic oxidation sites excluding steroid dienone is 1. The molecule has 2 heterocycles. The van der Waals surface area contributed by atoms with Crippen LogP contribution >= 0.6 is 0 Å². The van der Waals surface area contributed by atoms with Crippen LogP contribution in [0, 0.1) is 10.1 Å². The SMILES string of the molecule is C=CCn1c(=O)c2c(ncn2Cc2ccc([N+](=O)[O-])cc2)n(-c2ccc(C(C)C)cc2)c1=O. The molecule has 4 rings (SSSR count). The van der Waals surface area contributed by atoms with Crippen molar-refractivity contribution in [3.05, 3.63) is 110 Å². The number of nitro groups is 1. The molecule has 0 N–H and O–H groups in total. The molecule has 33 heavy (non-hydrogen) atoms. The van der Waals surface area contributed by atoms with Gasteiger partial charge in [0.2, 0.25) is 0 Å². The van der Waals surface area contributed by atoms with Gasteiger partial charge in [0, 0.05) is 25.2 Å². The highest BCUT2D eigenvalue weighted by Gasteiger charge is 2.19. The number of benzene rings is 2. The maximum Gasteiger partial charge on any atom is 0.337 e. The summed E-state index contributed by atoms with van der Waals surface area (Å²) in [5, 5.41) is 10.9. The Kier molecular flexibility index (Phi) is 5.78. The summed E-state index contributed by atoms with van der Waals surface area (Å²) >= 11 is 0. The Morgan fingerprint density at radius 2 is 1.76 bits per heavy atom. The van der Waals surface area contributed by atoms with Crippen LogP contribution in [-0.4, -0.2) is 23.6 Å². The number of rotatable bonds is 7. The van der Waals surface area contributed by atoms with E-state index in [9.17, 15) is 19.7 Å². The first-order valence-corrected chi connectivity index (χ1v) is 10.5. The minimum Gasteiger partial charge on any atom is -0.320 e. The van der Waals surface area contributed by atoms with E-state index >= 15 is 0 Å². The first kappa shape index (κ1) is 21.9. The van der Waals surface area contributed by atoms with Gasteiger partial charge in [-0.05, 0) is 29.2 Å². The number of hydrogen-bond donors (Lipinski definition) is 0. The summed E-state index contributed by atoms with van der Waals surface area (Å²) in [6, 6.07) is 13.7. The average Bonchev–Trinajstić information content (AvgIpc) is 3.20. The van der Waals surface area contributed by atoms with E-state index in [1.54, 1.807) is 16.7 Å². The van der Waals surface area contributed by atoms with Crippen LogP contribution in [0.15, 0.2) is 77.1 Å². The van der Waals surface area contributed by atoms with E-state index in [-0.39, 0.29) is 29.9 Å². The van der Waals surface area contributed by atoms with Gasteiger partial charge in [-0.25, -0.2) is 14.3 Å². The van der Waals surface area contributed by atoms with E-state index in [0.29, 0.717) is 11.6 Å². The minimum atomic E-state index is -0.495. The van der Waals surface area contributed by atoms with Crippen LogP contribution in [0.1, 0.15) is 30.9 Å². The van der Waals surface area contributed by atoms with Crippen molar-refractivity contribution in [2.24, 2.45) is 0 Å². The lowest BCUT2D eigenvalue weighted by atomic mass is 10.0. The Morgan fingerprint density at radius 1 is 1.09 bits per heavy atom. The highest BCUT2D eigenvalue weighted by molar-refractivity contribution is 5.72. The molecule has 0 bridgehead atoms. The first-order chi connectivity index (χ1) is 15.8. The Bertz CT molecular complexity index is 1460. The molecule has 0 fully saturated rings. The summed E-state index contributed by atoms with van der Waals surface area (Å²) in [7, 11) is 0. The van der Waals surface area contributed by atoms with Crippen molar-refractivity contribution < 1.29 is 4.92 Å². The van der Waals surface area contributed by atoms with E-state index in [0.717, 1.165) is 15.7 Å². The second kappa shape index (κ2) is 8.70. The summed E-state index contributed by atoms with van der Waals surface area (Å²) in [5.74, 6) is 0.339. The lowest BCUT2D eigenvalue weighted by Gasteiger charge is -2.13. The molecule has 0 unspecified atom stereocenters. The van der Waals surface area contributed by atoms with E-state index < -0.39 is 16.2 Å². The standard InChI is InChI=1S/C24H23N5O4/c1-4-13-27-23(30)21-22(28(24(27)31)19-11-7-18(8-12-19)16(2)3)25-15-26(21)14-17-5-9-20(10-6-17)29(32)33/h4-12,15-16H,1,13-14H2,2-3H3. The van der Waals surface area contributed by atoms with Crippen LogP contribution in [0.3, 0.4) is 0 Å². The van der Waals surface area contributed by atoms with Gasteiger partial charge in [0.25, 0.3) is 11.2 Å². The van der Waals surface area contributed by atoms with Crippen molar-refractivity contribution in [3.63, 3.8) is 0 Å². The van der Waals surface area contributed by atoms with Crippen LogP contribution in [-0.2, 0) is 13.1 Å². The summed E-state index contributed by atoms with van der Waals surface area (Å²) < 4.78 is 4.20. The number of aromatic nitrogens is 4. The summed E-state index contributed by atoms with van der Waals surface area (Å²) in [6.45, 7) is 8.16. The molecular weight excluding hydrogens is 422 g/mol. The third-order valence-electron chi connectivity index (χ3n) is 5.53. The normalized spacial score (nSPS) is 11.2. The van der Waals surface area contributed by atoms with E-state index in [1.807, 2.05) is 24.3 Å². The molecule has 0 saturated heterocycles. The molecule has 4 aromatic rings. The molecule has 9 nitrogen and oxygen atoms in total. The van der Waals surface area contributed by atoms with Crippen molar-refractivity contribution in [2.75, 3.05) is 0 Å². The molecule has 2 aromatic heterocycles. The fourth-order valence-corrected chi connectivity index (χ4v) is 3.75. The summed E-state index contributed by atoms with van der Waals surface area (Å²) in [5.41, 5.74) is 2.04. The first-order valence-electron chi connectivity index (χ1n) is 10.5. The molecule has 2 aromatic carbocycles. The zero-order valence-corrected chi connectivity index (χ0v) is 18.3. The zero-order valence-electron chi connectivity index (χ0n) is 18.3. The maximum absolute atomic E-state index is 13.2. The molecule has 0 spiro atoms. The lowest BCUT2D eigenvalue weighted by molar-refractivity contribution is -0.384. The van der Waals surface area contributed by atoms with Crippen LogP contribution in [0.25, 0.3) is 16.9 Å². The fourth-order valence-electron chi connectivity index (χ4n) is 3.75. The van der Waals surface area contributed by atoms with Crippen LogP contribution in [0.4, 0.5) is 5.69 Å². The molecule has 0 aliphatic carbocycles. The summed E-state index contributed by atoms with van der Waals surface area (Å²) in [6.07, 6.45) is 3.00. The smallest absolute Gasteiger partial charge is 0.320 e. The lowest BCUT2D eigenvalue weighted by Crippen LogP contribution is -2.39. The van der Waals surface area contributed by atoms with Crippen molar-refractivity contribution in [3.8, 4) is 5.69 Å². The van der Waals surface area contributed by atoms with Gasteiger partial charge in [0.15, 0.2) is 11.2 Å². The number of nitro benzene ring substituents is 1. The maximum atomic E-state index is 13.2. The Balaban J connectivity index is 1.89. The highest BCUT2D eigenvalue weighted by Crippen LogP contribution is 2.19. The Hall–Kier alpha value is -4.27. The third-order valence-corrected chi connectivity index (χ3v) is 5.53. The molecular formula is C24H23N5O4. The van der Waals surface area contributed by atoms with Gasteiger partial charge in [-0.3, -0.25) is 19.5 Å². The minimum absolute atomic E-state index is 0.0127. The second-order valence-electron chi connectivity index (χ2n) is 8.04. The molecule has 9 heteroatoms. The summed E-state index contributed by atoms with van der Waals surface area (Å²) in [4.78, 5) is 41.3. The number of fused-ring (bicyclic) bond motifs is 1. The molecule has 0 aliphatic heterocycles. The predicted molar refractivity (Wildman–Crippen MR) is 126 cm³/mol. The number of nitrogens with zero attached hydrogens (tertiary/aromatic N) is 5. The van der Waals surface area contributed by atoms with Gasteiger partial charge in [-0.2, -0.15) is 0 Å². The Morgan fingerprint density at radius 3 is 2.33 bits per heavy atom. The molecule has 168 valence electrons. The van der Waals surface area contributed by atoms with Gasteiger partial charge in [0.1, 0.15) is 0 Å². The van der Waals surface area contributed by atoms with Crippen molar-refractivity contribution in [1.82, 2.24) is 18.7 Å². The molecule has 0 atom stereocenters. The van der Waals surface area contributed by atoms with Crippen molar-refractivity contribution >= 4 is 16.9 Å². The van der Waals surface area contributed by atoms with E-state index in [4.69, 9.17) is 0 Å². The largest absolute Gasteiger partial charge is 0.337 e. The van der Waals surface area contributed by atoms with Crippen LogP contribution in [0.2, 0.25) is 0 Å². The molecule has 0 amide bonds. The second-order valence-corrected chi connectivity index (χ2v) is 8.04. The topological polar surface area (TPSA) is 105 Å². The monoisotopic (exact) mass is 445 g/mol. The van der Waals surface area contributed by atoms with Gasteiger partial charge >= 0.3 is 5.69 Å². The predicted octanol–water partition coefficient (Wildman–Crippen LogP) is 3.61. The van der Waals surface area contributed by atoms with Crippen LogP contribution < -0.4 is 11.2 Å². The van der Waals surface area contributed by atoms with Crippen LogP contribution in [0.5, 0.6) is 0 Å². The van der Waals surface area contributed by atoms with Gasteiger partial charge in [-0.1, -0.05) is 44.2 Å². The third kappa shape index (κ3) is 4.00. The molecule has 0 radical (unpaired) electrons. The van der Waals surface area contributed by atoms with Crippen molar-refractivity contribution in [1.29, 1.82) is 0 Å². The van der Waals surface area contributed by atoms with Gasteiger partial charge in [-0.15, -0.1) is 6.58 Å². The van der Waals surface area contributed by atoms with Gasteiger partial charge in [0.05, 0.1) is 16.9 Å². The average molecular weight is 445 g/mol. The number of imidazole rings is 1. The van der Waals surface area contributed by atoms with Crippen molar-refractivity contribution in [2.45, 2.75) is 32.9 Å². The number of hydrogen-bond acceptors (Lipinski definition) is 5. The quantitative estimate of drug-likeness (QED) is 0.245. The highest BCUT2D eigenvalue weighted by atomic mass is 16.6.